The van der Waals surface area contributed by atoms with Gasteiger partial charge in [0.25, 0.3) is 0 Å². The first-order valence-corrected chi connectivity index (χ1v) is 7.74. The van der Waals surface area contributed by atoms with Crippen molar-refractivity contribution in [1.29, 1.82) is 0 Å². The van der Waals surface area contributed by atoms with Crippen molar-refractivity contribution in [3.05, 3.63) is 47.5 Å². The maximum absolute atomic E-state index is 5.81. The third-order valence-corrected chi connectivity index (χ3v) is 4.19. The molecule has 1 atom stereocenters. The van der Waals surface area contributed by atoms with Gasteiger partial charge in [0.05, 0.1) is 7.11 Å². The number of hydrogen-bond donors (Lipinski definition) is 1. The molecule has 0 amide bonds. The molecule has 2 heterocycles. The van der Waals surface area contributed by atoms with Crippen molar-refractivity contribution >= 4 is 0 Å². The number of para-hydroxylation sites is 1. The van der Waals surface area contributed by atoms with Crippen molar-refractivity contribution < 1.29 is 18.9 Å². The Bertz CT molecular complexity index is 716. The molecule has 0 bridgehead atoms. The Hall–Kier alpha value is -2.40. The fraction of sp³-hybridized carbons (Fsp3) is 0.333. The minimum Gasteiger partial charge on any atom is -0.493 e. The molecule has 0 radical (unpaired) electrons. The lowest BCUT2D eigenvalue weighted by atomic mass is 10.0. The van der Waals surface area contributed by atoms with Crippen LogP contribution in [0.3, 0.4) is 0 Å². The summed E-state index contributed by atoms with van der Waals surface area (Å²) in [5.74, 6) is 3.13. The number of rotatable bonds is 4. The van der Waals surface area contributed by atoms with Crippen LogP contribution < -0.4 is 24.3 Å². The van der Waals surface area contributed by atoms with Crippen LogP contribution >= 0.6 is 0 Å². The smallest absolute Gasteiger partial charge is 0.231 e. The molecule has 4 rings (SSSR count). The van der Waals surface area contributed by atoms with E-state index in [1.807, 2.05) is 30.3 Å². The average Bonchev–Trinajstić information content (AvgIpc) is 3.07. The molecule has 2 aliphatic heterocycles. The van der Waals surface area contributed by atoms with Crippen molar-refractivity contribution in [2.24, 2.45) is 0 Å². The van der Waals surface area contributed by atoms with Crippen molar-refractivity contribution in [3.63, 3.8) is 0 Å². The van der Waals surface area contributed by atoms with Crippen LogP contribution in [0.15, 0.2) is 36.4 Å². The fourth-order valence-electron chi connectivity index (χ4n) is 3.01. The summed E-state index contributed by atoms with van der Waals surface area (Å²) in [4.78, 5) is 0. The molecule has 1 unspecified atom stereocenters. The number of benzene rings is 2. The zero-order chi connectivity index (χ0) is 15.6. The molecule has 0 aromatic heterocycles. The van der Waals surface area contributed by atoms with Crippen LogP contribution in [0.2, 0.25) is 0 Å². The van der Waals surface area contributed by atoms with Gasteiger partial charge in [0.15, 0.2) is 11.5 Å². The van der Waals surface area contributed by atoms with Gasteiger partial charge in [-0.1, -0.05) is 18.2 Å². The Kier molecular flexibility index (Phi) is 3.71. The van der Waals surface area contributed by atoms with Crippen LogP contribution in [0.1, 0.15) is 11.1 Å². The van der Waals surface area contributed by atoms with Gasteiger partial charge in [-0.05, 0) is 35.7 Å². The van der Waals surface area contributed by atoms with Crippen LogP contribution in [0.4, 0.5) is 0 Å². The molecular weight excluding hydrogens is 294 g/mol. The molecule has 0 spiro atoms. The van der Waals surface area contributed by atoms with Gasteiger partial charge < -0.3 is 24.3 Å². The Labute approximate surface area is 135 Å². The van der Waals surface area contributed by atoms with Crippen LogP contribution in [0.25, 0.3) is 0 Å². The molecule has 2 aliphatic rings. The standard InChI is InChI=1S/C18H19NO4/c1-20-16-6-12(7-17-18(16)23-11-22-17)9-19-14-8-13-4-2-3-5-15(13)21-10-14/h2-7,14,19H,8-11H2,1H3. The summed E-state index contributed by atoms with van der Waals surface area (Å²) < 4.78 is 22.1. The first-order chi connectivity index (χ1) is 11.3. The SMILES string of the molecule is COc1cc(CNC2COc3ccccc3C2)cc2c1OCO2. The molecular formula is C18H19NO4. The minimum absolute atomic E-state index is 0.246. The molecule has 2 aromatic rings. The zero-order valence-corrected chi connectivity index (χ0v) is 13.0. The summed E-state index contributed by atoms with van der Waals surface area (Å²) in [5, 5.41) is 3.54. The first-order valence-electron chi connectivity index (χ1n) is 7.74. The fourth-order valence-corrected chi connectivity index (χ4v) is 3.01. The highest BCUT2D eigenvalue weighted by Gasteiger charge is 2.22. The second-order valence-corrected chi connectivity index (χ2v) is 5.73. The predicted molar refractivity (Wildman–Crippen MR) is 85.4 cm³/mol. The Morgan fingerprint density at radius 2 is 2.04 bits per heavy atom. The van der Waals surface area contributed by atoms with E-state index in [4.69, 9.17) is 18.9 Å². The lowest BCUT2D eigenvalue weighted by Crippen LogP contribution is -2.38. The summed E-state index contributed by atoms with van der Waals surface area (Å²) in [7, 11) is 1.64. The van der Waals surface area contributed by atoms with Gasteiger partial charge in [-0.15, -0.1) is 0 Å². The topological polar surface area (TPSA) is 49.0 Å². The van der Waals surface area contributed by atoms with Crippen molar-refractivity contribution in [3.8, 4) is 23.0 Å². The molecule has 120 valence electrons. The summed E-state index contributed by atoms with van der Waals surface area (Å²) in [6, 6.07) is 12.5. The van der Waals surface area contributed by atoms with E-state index in [0.717, 1.165) is 30.0 Å². The minimum atomic E-state index is 0.246. The molecule has 0 saturated heterocycles. The zero-order valence-electron chi connectivity index (χ0n) is 13.0. The van der Waals surface area contributed by atoms with E-state index >= 15 is 0 Å². The number of nitrogens with one attached hydrogen (secondary N) is 1. The lowest BCUT2D eigenvalue weighted by molar-refractivity contribution is 0.171. The molecule has 2 aromatic carbocycles. The predicted octanol–water partition coefficient (Wildman–Crippen LogP) is 2.52. The first kappa shape index (κ1) is 14.2. The van der Waals surface area contributed by atoms with E-state index < -0.39 is 0 Å². The Balaban J connectivity index is 1.44. The summed E-state index contributed by atoms with van der Waals surface area (Å²) in [5.41, 5.74) is 2.35. The van der Waals surface area contributed by atoms with Crippen molar-refractivity contribution in [2.75, 3.05) is 20.5 Å². The van der Waals surface area contributed by atoms with Crippen molar-refractivity contribution in [2.45, 2.75) is 19.0 Å². The third kappa shape index (κ3) is 2.80. The van der Waals surface area contributed by atoms with Crippen LogP contribution in [-0.4, -0.2) is 26.6 Å². The van der Waals surface area contributed by atoms with Gasteiger partial charge in [0.1, 0.15) is 12.4 Å². The van der Waals surface area contributed by atoms with Gasteiger partial charge in [-0.3, -0.25) is 0 Å². The number of ether oxygens (including phenoxy) is 4. The van der Waals surface area contributed by atoms with Gasteiger partial charge >= 0.3 is 0 Å². The van der Waals surface area contributed by atoms with E-state index in [9.17, 15) is 0 Å². The second kappa shape index (κ2) is 6.01. The van der Waals surface area contributed by atoms with Crippen molar-refractivity contribution in [1.82, 2.24) is 5.32 Å². The molecule has 0 fully saturated rings. The highest BCUT2D eigenvalue weighted by atomic mass is 16.7. The number of methoxy groups -OCH3 is 1. The maximum atomic E-state index is 5.81. The summed E-state index contributed by atoms with van der Waals surface area (Å²) >= 11 is 0. The summed E-state index contributed by atoms with van der Waals surface area (Å²) in [6.45, 7) is 1.65. The lowest BCUT2D eigenvalue weighted by Gasteiger charge is -2.26. The largest absolute Gasteiger partial charge is 0.493 e. The average molecular weight is 313 g/mol. The molecule has 0 aliphatic carbocycles. The van der Waals surface area contributed by atoms with E-state index in [1.54, 1.807) is 7.11 Å². The summed E-state index contributed by atoms with van der Waals surface area (Å²) in [6.07, 6.45) is 0.970. The second-order valence-electron chi connectivity index (χ2n) is 5.73. The van der Waals surface area contributed by atoms with Crippen LogP contribution in [0.5, 0.6) is 23.0 Å². The van der Waals surface area contributed by atoms with E-state index in [0.29, 0.717) is 24.1 Å². The number of hydrogen-bond acceptors (Lipinski definition) is 5. The van der Waals surface area contributed by atoms with Gasteiger partial charge in [-0.25, -0.2) is 0 Å². The highest BCUT2D eigenvalue weighted by molar-refractivity contribution is 5.55. The monoisotopic (exact) mass is 313 g/mol. The normalized spacial score (nSPS) is 18.2. The highest BCUT2D eigenvalue weighted by Crippen LogP contribution is 2.41. The van der Waals surface area contributed by atoms with E-state index in [-0.39, 0.29) is 6.79 Å². The Morgan fingerprint density at radius 1 is 1.13 bits per heavy atom. The molecule has 23 heavy (non-hydrogen) atoms. The Morgan fingerprint density at radius 3 is 2.96 bits per heavy atom. The third-order valence-electron chi connectivity index (χ3n) is 4.19. The van der Waals surface area contributed by atoms with Gasteiger partial charge in [-0.2, -0.15) is 0 Å². The molecule has 5 nitrogen and oxygen atoms in total. The molecule has 0 saturated carbocycles. The van der Waals surface area contributed by atoms with E-state index in [1.165, 1.54) is 5.56 Å². The van der Waals surface area contributed by atoms with Crippen LogP contribution in [-0.2, 0) is 13.0 Å². The van der Waals surface area contributed by atoms with E-state index in [2.05, 4.69) is 11.4 Å². The quantitative estimate of drug-likeness (QED) is 0.940. The van der Waals surface area contributed by atoms with Gasteiger partial charge in [0.2, 0.25) is 12.5 Å². The van der Waals surface area contributed by atoms with Gasteiger partial charge in [0, 0.05) is 12.6 Å². The van der Waals surface area contributed by atoms with Crippen LogP contribution in [0, 0.1) is 0 Å². The number of fused-ring (bicyclic) bond motifs is 2. The molecule has 1 N–H and O–H groups in total. The maximum Gasteiger partial charge on any atom is 0.231 e. The molecule has 5 heteroatoms.